The average molecular weight is 489 g/mol. The van der Waals surface area contributed by atoms with Crippen LogP contribution in [0.5, 0.6) is 0 Å². The van der Waals surface area contributed by atoms with E-state index < -0.39 is 10.0 Å². The maximum Gasteiger partial charge on any atom is 0.266 e. The quantitative estimate of drug-likeness (QED) is 0.552. The molecule has 1 aromatic carbocycles. The van der Waals surface area contributed by atoms with Crippen molar-refractivity contribution in [1.82, 2.24) is 19.2 Å². The number of carbonyl (C=O) groups excluding carboxylic acids is 1. The van der Waals surface area contributed by atoms with Gasteiger partial charge in [0, 0.05) is 32.9 Å². The van der Waals surface area contributed by atoms with Crippen LogP contribution in [0, 0.1) is 6.92 Å². The van der Waals surface area contributed by atoms with Gasteiger partial charge in [-0.2, -0.15) is 0 Å². The molecule has 3 heterocycles. The van der Waals surface area contributed by atoms with Gasteiger partial charge in [-0.25, -0.2) is 18.1 Å². The van der Waals surface area contributed by atoms with E-state index in [9.17, 15) is 13.2 Å². The summed E-state index contributed by atoms with van der Waals surface area (Å²) < 4.78 is 35.6. The maximum atomic E-state index is 12.9. The van der Waals surface area contributed by atoms with E-state index in [0.29, 0.717) is 54.1 Å². The maximum absolute atomic E-state index is 12.9. The monoisotopic (exact) mass is 488 g/mol. The lowest BCUT2D eigenvalue weighted by Gasteiger charge is -2.26. The molecule has 1 atom stereocenters. The van der Waals surface area contributed by atoms with E-state index in [1.54, 1.807) is 35.7 Å². The zero-order chi connectivity index (χ0) is 23.6. The molecule has 0 radical (unpaired) electrons. The van der Waals surface area contributed by atoms with Crippen LogP contribution in [0.4, 0.5) is 0 Å². The van der Waals surface area contributed by atoms with Crippen molar-refractivity contribution in [2.75, 3.05) is 32.8 Å². The Balaban J connectivity index is 1.51. The Morgan fingerprint density at radius 3 is 2.64 bits per heavy atom. The molecule has 1 aliphatic rings. The van der Waals surface area contributed by atoms with Crippen molar-refractivity contribution >= 4 is 27.3 Å². The number of nitrogens with one attached hydrogen (secondary N) is 1. The van der Waals surface area contributed by atoms with Crippen LogP contribution in [-0.2, 0) is 21.8 Å². The Morgan fingerprint density at radius 2 is 1.94 bits per heavy atom. The summed E-state index contributed by atoms with van der Waals surface area (Å²) in [6, 6.07) is 11.4. The van der Waals surface area contributed by atoms with Crippen LogP contribution in [0.15, 0.2) is 47.5 Å². The number of ether oxygens (including phenoxy) is 1. The predicted molar refractivity (Wildman–Crippen MR) is 128 cm³/mol. The summed E-state index contributed by atoms with van der Waals surface area (Å²) >= 11 is 1.29. The molecule has 1 saturated heterocycles. The first-order chi connectivity index (χ1) is 15.8. The Morgan fingerprint density at radius 1 is 1.24 bits per heavy atom. The molecule has 8 nitrogen and oxygen atoms in total. The standard InChI is InChI=1S/C23H28N4O4S2/c1-16(18-7-5-4-6-8-18)14-24-33(29,30)19-13-20(26(3)15-19)22-25-17(2)21(32-22)23(28)27-9-11-31-12-10-27/h4-8,13,15-16,24H,9-12,14H2,1-3H3. The van der Waals surface area contributed by atoms with Gasteiger partial charge >= 0.3 is 0 Å². The van der Waals surface area contributed by atoms with E-state index in [2.05, 4.69) is 9.71 Å². The average Bonchev–Trinajstić information content (AvgIpc) is 3.41. The molecular weight excluding hydrogens is 460 g/mol. The number of rotatable bonds is 7. The first kappa shape index (κ1) is 23.6. The number of benzene rings is 1. The molecule has 2 aromatic heterocycles. The van der Waals surface area contributed by atoms with E-state index in [4.69, 9.17) is 4.74 Å². The number of nitrogens with zero attached hydrogens (tertiary/aromatic N) is 3. The van der Waals surface area contributed by atoms with Gasteiger partial charge in [-0.1, -0.05) is 37.3 Å². The SMILES string of the molecule is Cc1nc(-c2cc(S(=O)(=O)NCC(C)c3ccccc3)cn2C)sc1C(=O)N1CCOCC1. The third-order valence-corrected chi connectivity index (χ3v) is 8.31. The minimum atomic E-state index is -3.69. The van der Waals surface area contributed by atoms with Crippen molar-refractivity contribution in [3.05, 3.63) is 58.7 Å². The highest BCUT2D eigenvalue weighted by Gasteiger charge is 2.25. The van der Waals surface area contributed by atoms with Crippen LogP contribution in [0.3, 0.4) is 0 Å². The molecule has 0 aliphatic carbocycles. The van der Waals surface area contributed by atoms with Crippen LogP contribution in [0.1, 0.15) is 33.8 Å². The van der Waals surface area contributed by atoms with Crippen LogP contribution in [0.25, 0.3) is 10.7 Å². The van der Waals surface area contributed by atoms with Crippen molar-refractivity contribution in [3.63, 3.8) is 0 Å². The number of amides is 1. The van der Waals surface area contributed by atoms with Crippen molar-refractivity contribution in [3.8, 4) is 10.7 Å². The van der Waals surface area contributed by atoms with Gasteiger partial charge < -0.3 is 14.2 Å². The first-order valence-corrected chi connectivity index (χ1v) is 13.1. The van der Waals surface area contributed by atoms with Gasteiger partial charge in [0.1, 0.15) is 14.8 Å². The number of aromatic nitrogens is 2. The van der Waals surface area contributed by atoms with Gasteiger partial charge in [-0.3, -0.25) is 4.79 Å². The van der Waals surface area contributed by atoms with Crippen molar-refractivity contribution in [2.24, 2.45) is 7.05 Å². The molecule has 1 fully saturated rings. The highest BCUT2D eigenvalue weighted by molar-refractivity contribution is 7.89. The van der Waals surface area contributed by atoms with Crippen LogP contribution >= 0.6 is 11.3 Å². The normalized spacial score (nSPS) is 15.5. The molecular formula is C23H28N4O4S2. The first-order valence-electron chi connectivity index (χ1n) is 10.8. The number of hydrogen-bond acceptors (Lipinski definition) is 6. The fraction of sp³-hybridized carbons (Fsp3) is 0.391. The molecule has 0 bridgehead atoms. The van der Waals surface area contributed by atoms with Gasteiger partial charge in [-0.05, 0) is 24.5 Å². The summed E-state index contributed by atoms with van der Waals surface area (Å²) in [5.74, 6) is -0.0160. The fourth-order valence-electron chi connectivity index (χ4n) is 3.73. The van der Waals surface area contributed by atoms with Gasteiger partial charge in [0.05, 0.1) is 24.6 Å². The minimum absolute atomic E-state index is 0.0412. The number of carbonyl (C=O) groups is 1. The zero-order valence-electron chi connectivity index (χ0n) is 18.9. The molecule has 1 unspecified atom stereocenters. The number of sulfonamides is 1. The lowest BCUT2D eigenvalue weighted by atomic mass is 10.0. The van der Waals surface area contributed by atoms with E-state index >= 15 is 0 Å². The molecule has 1 amide bonds. The largest absolute Gasteiger partial charge is 0.378 e. The third-order valence-electron chi connectivity index (χ3n) is 5.75. The Labute approximate surface area is 198 Å². The highest BCUT2D eigenvalue weighted by Crippen LogP contribution is 2.31. The Hall–Kier alpha value is -2.53. The smallest absolute Gasteiger partial charge is 0.266 e. The number of thiazole rings is 1. The summed E-state index contributed by atoms with van der Waals surface area (Å²) in [5.41, 5.74) is 2.37. The summed E-state index contributed by atoms with van der Waals surface area (Å²) in [6.07, 6.45) is 1.57. The molecule has 0 saturated carbocycles. The van der Waals surface area contributed by atoms with Crippen molar-refractivity contribution < 1.29 is 17.9 Å². The molecule has 1 aliphatic heterocycles. The van der Waals surface area contributed by atoms with Crippen LogP contribution in [0.2, 0.25) is 0 Å². The van der Waals surface area contributed by atoms with Gasteiger partial charge in [0.25, 0.3) is 5.91 Å². The van der Waals surface area contributed by atoms with E-state index in [0.717, 1.165) is 5.56 Å². The van der Waals surface area contributed by atoms with E-state index in [1.807, 2.05) is 37.3 Å². The second kappa shape index (κ2) is 9.76. The summed E-state index contributed by atoms with van der Waals surface area (Å²) in [5, 5.41) is 0.616. The molecule has 1 N–H and O–H groups in total. The second-order valence-corrected chi connectivity index (χ2v) is 10.9. The van der Waals surface area contributed by atoms with Gasteiger partial charge in [0.15, 0.2) is 0 Å². The lowest BCUT2D eigenvalue weighted by molar-refractivity contribution is 0.0305. The highest BCUT2D eigenvalue weighted by atomic mass is 32.2. The van der Waals surface area contributed by atoms with Crippen LogP contribution in [-0.4, -0.2) is 61.6 Å². The number of aryl methyl sites for hydroxylation is 2. The minimum Gasteiger partial charge on any atom is -0.378 e. The predicted octanol–water partition coefficient (Wildman–Crippen LogP) is 3.01. The summed E-state index contributed by atoms with van der Waals surface area (Å²) in [6.45, 7) is 6.28. The Bertz CT molecular complexity index is 1230. The van der Waals surface area contributed by atoms with Gasteiger partial charge in [0.2, 0.25) is 10.0 Å². The van der Waals surface area contributed by atoms with Crippen molar-refractivity contribution in [2.45, 2.75) is 24.7 Å². The topological polar surface area (TPSA) is 93.5 Å². The molecule has 33 heavy (non-hydrogen) atoms. The second-order valence-electron chi connectivity index (χ2n) is 8.17. The zero-order valence-corrected chi connectivity index (χ0v) is 20.6. The van der Waals surface area contributed by atoms with Crippen LogP contribution < -0.4 is 4.72 Å². The third kappa shape index (κ3) is 5.19. The molecule has 176 valence electrons. The number of hydrogen-bond donors (Lipinski definition) is 1. The molecule has 10 heteroatoms. The van der Waals surface area contributed by atoms with E-state index in [1.165, 1.54) is 11.3 Å². The van der Waals surface area contributed by atoms with Crippen molar-refractivity contribution in [1.29, 1.82) is 0 Å². The summed E-state index contributed by atoms with van der Waals surface area (Å²) in [7, 11) is -1.91. The summed E-state index contributed by atoms with van der Waals surface area (Å²) in [4.78, 5) is 20.0. The fourth-order valence-corrected chi connectivity index (χ4v) is 6.02. The Kier molecular flexibility index (Phi) is 6.99. The lowest BCUT2D eigenvalue weighted by Crippen LogP contribution is -2.40. The van der Waals surface area contributed by atoms with Gasteiger partial charge in [-0.15, -0.1) is 11.3 Å². The number of morpholine rings is 1. The van der Waals surface area contributed by atoms with E-state index in [-0.39, 0.29) is 16.7 Å². The molecule has 0 spiro atoms. The molecule has 4 rings (SSSR count). The molecule has 3 aromatic rings.